The largest absolute Gasteiger partial charge is 0.506 e. The van der Waals surface area contributed by atoms with Gasteiger partial charge in [0, 0.05) is 11.1 Å². The summed E-state index contributed by atoms with van der Waals surface area (Å²) in [5.74, 6) is -0.377. The molecule has 4 heteroatoms. The summed E-state index contributed by atoms with van der Waals surface area (Å²) in [5.41, 5.74) is 6.72. The van der Waals surface area contributed by atoms with Gasteiger partial charge >= 0.3 is 0 Å². The van der Waals surface area contributed by atoms with Crippen LogP contribution < -0.4 is 5.73 Å². The molecular formula is C10H8N2O2. The van der Waals surface area contributed by atoms with Gasteiger partial charge in [-0.05, 0) is 24.3 Å². The molecule has 70 valence electrons. The maximum atomic E-state index is 11.1. The zero-order chi connectivity index (χ0) is 10.3. The van der Waals surface area contributed by atoms with Crippen LogP contribution in [0.15, 0.2) is 18.2 Å². The Morgan fingerprint density at radius 3 is 2.71 bits per heavy atom. The number of hydrogen-bond donors (Lipinski definition) is 3. The molecule has 0 aliphatic heterocycles. The van der Waals surface area contributed by atoms with Crippen molar-refractivity contribution in [2.45, 2.75) is 0 Å². The number of nitrogen functional groups attached to an aromatic ring is 1. The van der Waals surface area contributed by atoms with Gasteiger partial charge in [0.2, 0.25) is 5.78 Å². The van der Waals surface area contributed by atoms with Gasteiger partial charge in [0.15, 0.2) is 0 Å². The second-order valence-electron chi connectivity index (χ2n) is 3.03. The Labute approximate surface area is 80.2 Å². The topological polar surface area (TPSA) is 87.2 Å². The van der Waals surface area contributed by atoms with Crippen molar-refractivity contribution in [2.24, 2.45) is 0 Å². The fraction of sp³-hybridized carbons (Fsp3) is 0. The summed E-state index contributed by atoms with van der Waals surface area (Å²) in [7, 11) is 0. The molecule has 1 aromatic carbocycles. The van der Waals surface area contributed by atoms with E-state index in [1.54, 1.807) is 0 Å². The molecular weight excluding hydrogens is 180 g/mol. The van der Waals surface area contributed by atoms with Crippen molar-refractivity contribution in [3.8, 4) is 5.75 Å². The zero-order valence-corrected chi connectivity index (χ0v) is 7.24. The number of anilines is 1. The molecule has 0 radical (unpaired) electrons. The standard InChI is InChI=1S/C10H8N2O2/c11-9-5-1-3-7(13)10(12)6(5)2-4-8(9)14/h1-4,11,13H,12H2. The van der Waals surface area contributed by atoms with Crippen LogP contribution in [0.4, 0.5) is 5.69 Å². The minimum Gasteiger partial charge on any atom is -0.506 e. The summed E-state index contributed by atoms with van der Waals surface area (Å²) in [4.78, 5) is 11.1. The van der Waals surface area contributed by atoms with E-state index in [0.717, 1.165) is 0 Å². The van der Waals surface area contributed by atoms with Crippen molar-refractivity contribution in [1.29, 1.82) is 5.41 Å². The normalized spacial score (nSPS) is 14.3. The zero-order valence-electron chi connectivity index (χ0n) is 7.24. The number of nitrogens with one attached hydrogen (secondary N) is 1. The first-order chi connectivity index (χ1) is 6.61. The molecule has 2 rings (SSSR count). The molecule has 0 unspecified atom stereocenters. The predicted molar refractivity (Wildman–Crippen MR) is 53.4 cm³/mol. The summed E-state index contributed by atoms with van der Waals surface area (Å²) >= 11 is 0. The van der Waals surface area contributed by atoms with Gasteiger partial charge in [-0.15, -0.1) is 0 Å². The molecule has 1 aromatic rings. The van der Waals surface area contributed by atoms with Crippen LogP contribution in [0, 0.1) is 5.41 Å². The molecule has 14 heavy (non-hydrogen) atoms. The van der Waals surface area contributed by atoms with Crippen molar-refractivity contribution >= 4 is 23.3 Å². The van der Waals surface area contributed by atoms with E-state index >= 15 is 0 Å². The third-order valence-electron chi connectivity index (χ3n) is 2.18. The second-order valence-corrected chi connectivity index (χ2v) is 3.03. The van der Waals surface area contributed by atoms with Gasteiger partial charge in [0.05, 0.1) is 5.69 Å². The first-order valence-corrected chi connectivity index (χ1v) is 4.04. The van der Waals surface area contributed by atoms with E-state index < -0.39 is 0 Å². The highest BCUT2D eigenvalue weighted by molar-refractivity contribution is 6.51. The average molecular weight is 188 g/mol. The molecule has 0 atom stereocenters. The highest BCUT2D eigenvalue weighted by Gasteiger charge is 2.19. The number of nitrogens with two attached hydrogens (primary N) is 1. The molecule has 0 heterocycles. The van der Waals surface area contributed by atoms with Crippen molar-refractivity contribution in [1.82, 2.24) is 0 Å². The smallest absolute Gasteiger partial charge is 0.204 e. The van der Waals surface area contributed by atoms with E-state index in [9.17, 15) is 9.90 Å². The Morgan fingerprint density at radius 1 is 1.29 bits per heavy atom. The number of allylic oxidation sites excluding steroid dienone is 1. The van der Waals surface area contributed by atoms with E-state index in [-0.39, 0.29) is 22.9 Å². The lowest BCUT2D eigenvalue weighted by Gasteiger charge is -2.13. The fourth-order valence-corrected chi connectivity index (χ4v) is 1.40. The van der Waals surface area contributed by atoms with Crippen LogP contribution in [0.1, 0.15) is 11.1 Å². The van der Waals surface area contributed by atoms with Crippen LogP contribution >= 0.6 is 0 Å². The van der Waals surface area contributed by atoms with Crippen LogP contribution in [0.3, 0.4) is 0 Å². The summed E-state index contributed by atoms with van der Waals surface area (Å²) in [6.07, 6.45) is 2.80. The molecule has 0 saturated carbocycles. The molecule has 4 N–H and O–H groups in total. The van der Waals surface area contributed by atoms with Crippen molar-refractivity contribution in [3.63, 3.8) is 0 Å². The highest BCUT2D eigenvalue weighted by Crippen LogP contribution is 2.30. The van der Waals surface area contributed by atoms with E-state index in [0.29, 0.717) is 11.1 Å². The summed E-state index contributed by atoms with van der Waals surface area (Å²) in [6, 6.07) is 2.90. The van der Waals surface area contributed by atoms with Crippen molar-refractivity contribution in [3.05, 3.63) is 29.3 Å². The molecule has 0 saturated heterocycles. The fourth-order valence-electron chi connectivity index (χ4n) is 1.40. The third kappa shape index (κ3) is 1.01. The summed E-state index contributed by atoms with van der Waals surface area (Å²) in [5, 5.41) is 16.8. The quantitative estimate of drug-likeness (QED) is 0.418. The predicted octanol–water partition coefficient (Wildman–Crippen LogP) is 0.938. The van der Waals surface area contributed by atoms with Gasteiger partial charge in [-0.25, -0.2) is 0 Å². The molecule has 0 fully saturated rings. The van der Waals surface area contributed by atoms with Gasteiger partial charge in [-0.1, -0.05) is 0 Å². The molecule has 0 amide bonds. The number of benzene rings is 1. The van der Waals surface area contributed by atoms with Crippen LogP contribution in [-0.2, 0) is 4.79 Å². The first-order valence-electron chi connectivity index (χ1n) is 4.04. The Bertz CT molecular complexity index is 475. The highest BCUT2D eigenvalue weighted by atomic mass is 16.3. The van der Waals surface area contributed by atoms with Gasteiger partial charge < -0.3 is 10.8 Å². The van der Waals surface area contributed by atoms with E-state index in [2.05, 4.69) is 0 Å². The van der Waals surface area contributed by atoms with E-state index in [1.807, 2.05) is 0 Å². The van der Waals surface area contributed by atoms with Crippen molar-refractivity contribution < 1.29 is 9.90 Å². The summed E-state index contributed by atoms with van der Waals surface area (Å²) < 4.78 is 0. The number of hydrogen-bond acceptors (Lipinski definition) is 4. The van der Waals surface area contributed by atoms with E-state index in [1.165, 1.54) is 24.3 Å². The number of carbonyl (C=O) groups excluding carboxylic acids is 1. The van der Waals surface area contributed by atoms with Gasteiger partial charge in [0.25, 0.3) is 0 Å². The minimum absolute atomic E-state index is 0.0319. The van der Waals surface area contributed by atoms with Crippen LogP contribution in [0.25, 0.3) is 6.08 Å². The second kappa shape index (κ2) is 2.70. The van der Waals surface area contributed by atoms with Gasteiger partial charge in [-0.2, -0.15) is 0 Å². The summed E-state index contributed by atoms with van der Waals surface area (Å²) in [6.45, 7) is 0. The molecule has 4 nitrogen and oxygen atoms in total. The minimum atomic E-state index is -0.345. The number of phenolic OH excluding ortho intramolecular Hbond substituents is 1. The van der Waals surface area contributed by atoms with Crippen molar-refractivity contribution in [2.75, 3.05) is 5.73 Å². The Kier molecular flexibility index (Phi) is 1.64. The molecule has 1 aliphatic rings. The van der Waals surface area contributed by atoms with Gasteiger partial charge in [0.1, 0.15) is 11.5 Å². The number of phenols is 1. The Balaban J connectivity index is 2.74. The monoisotopic (exact) mass is 188 g/mol. The van der Waals surface area contributed by atoms with E-state index in [4.69, 9.17) is 11.1 Å². The van der Waals surface area contributed by atoms with Crippen LogP contribution in [-0.4, -0.2) is 16.6 Å². The van der Waals surface area contributed by atoms with Crippen LogP contribution in [0.5, 0.6) is 5.75 Å². The SMILES string of the molecule is N=C1C(=O)C=Cc2c1ccc(O)c2N. The maximum absolute atomic E-state index is 11.1. The lowest BCUT2D eigenvalue weighted by Crippen LogP contribution is -2.17. The Hall–Kier alpha value is -2.10. The number of carbonyl (C=O) groups is 1. The third-order valence-corrected chi connectivity index (χ3v) is 2.18. The average Bonchev–Trinajstić information content (AvgIpc) is 2.17. The van der Waals surface area contributed by atoms with Gasteiger partial charge in [-0.3, -0.25) is 10.2 Å². The number of ketones is 1. The number of aromatic hydroxyl groups is 1. The number of rotatable bonds is 0. The maximum Gasteiger partial charge on any atom is 0.204 e. The first kappa shape index (κ1) is 8.50. The Morgan fingerprint density at radius 2 is 2.00 bits per heavy atom. The molecule has 0 aromatic heterocycles. The molecule has 0 spiro atoms. The van der Waals surface area contributed by atoms with Crippen LogP contribution in [0.2, 0.25) is 0 Å². The molecule has 1 aliphatic carbocycles. The lowest BCUT2D eigenvalue weighted by atomic mass is 9.93. The molecule has 0 bridgehead atoms. The number of fused-ring (bicyclic) bond motifs is 1. The lowest BCUT2D eigenvalue weighted by molar-refractivity contribution is -0.108.